The minimum atomic E-state index is -3.95. The molecule has 0 aliphatic carbocycles. The molecular weight excluding hydrogens is 440 g/mol. The number of thioether (sulfide) groups is 1. The largest absolute Gasteiger partial charge is 0.299 e. The summed E-state index contributed by atoms with van der Waals surface area (Å²) in [5.41, 5.74) is 2.27. The molecule has 0 saturated heterocycles. The summed E-state index contributed by atoms with van der Waals surface area (Å²) in [4.78, 5) is 12.9. The van der Waals surface area contributed by atoms with Crippen molar-refractivity contribution in [1.29, 1.82) is 0 Å². The molecule has 0 spiro atoms. The van der Waals surface area contributed by atoms with Crippen LogP contribution in [-0.2, 0) is 21.2 Å². The maximum absolute atomic E-state index is 13.5. The molecule has 3 aromatic rings. The topological polar surface area (TPSA) is 92.3 Å². The minimum Gasteiger partial charge on any atom is -0.299 e. The number of carbonyl (C=O) groups is 1. The molecule has 158 valence electrons. The molecule has 1 heterocycles. The molecule has 0 bridgehead atoms. The minimum absolute atomic E-state index is 0.132. The summed E-state index contributed by atoms with van der Waals surface area (Å²) in [7, 11) is -3.95. The van der Waals surface area contributed by atoms with Gasteiger partial charge in [-0.2, -0.15) is 0 Å². The number of rotatable bonds is 8. The van der Waals surface area contributed by atoms with Gasteiger partial charge in [-0.3, -0.25) is 14.4 Å². The quantitative estimate of drug-likeness (QED) is 0.402. The second-order valence-electron chi connectivity index (χ2n) is 6.43. The Hall–Kier alpha value is -2.43. The van der Waals surface area contributed by atoms with E-state index in [9.17, 15) is 13.2 Å². The number of aryl methyl sites for hydroxylation is 2. The van der Waals surface area contributed by atoms with Gasteiger partial charge in [-0.15, -0.1) is 10.2 Å². The van der Waals surface area contributed by atoms with Gasteiger partial charge in [0.15, 0.2) is 4.34 Å². The number of sulfonamides is 1. The summed E-state index contributed by atoms with van der Waals surface area (Å²) < 4.78 is 28.8. The first-order chi connectivity index (χ1) is 14.3. The normalized spacial score (nSPS) is 11.3. The Labute approximate surface area is 184 Å². The van der Waals surface area contributed by atoms with Crippen LogP contribution < -0.4 is 9.62 Å². The Morgan fingerprint density at radius 3 is 2.47 bits per heavy atom. The van der Waals surface area contributed by atoms with Crippen LogP contribution in [-0.4, -0.2) is 37.3 Å². The van der Waals surface area contributed by atoms with Gasteiger partial charge in [0.2, 0.25) is 11.0 Å². The average Bonchev–Trinajstić information content (AvgIpc) is 3.19. The molecule has 0 fully saturated rings. The number of hydrogen-bond donors (Lipinski definition) is 1. The van der Waals surface area contributed by atoms with Crippen LogP contribution in [0.15, 0.2) is 57.8 Å². The van der Waals surface area contributed by atoms with E-state index >= 15 is 0 Å². The fourth-order valence-electron chi connectivity index (χ4n) is 2.82. The van der Waals surface area contributed by atoms with Gasteiger partial charge < -0.3 is 0 Å². The van der Waals surface area contributed by atoms with Gasteiger partial charge >= 0.3 is 0 Å². The van der Waals surface area contributed by atoms with E-state index in [4.69, 9.17) is 0 Å². The highest BCUT2D eigenvalue weighted by atomic mass is 32.2. The number of anilines is 2. The average molecular weight is 463 g/mol. The number of amides is 1. The Morgan fingerprint density at radius 2 is 1.83 bits per heavy atom. The summed E-state index contributed by atoms with van der Waals surface area (Å²) in [6.07, 6.45) is 2.49. The Morgan fingerprint density at radius 1 is 1.13 bits per heavy atom. The standard InChI is InChI=1S/C20H22N4O3S3/c1-4-15-7-5-6-8-17(15)24(30(26,27)16-11-9-14(2)10-12-16)13-18(25)21-19-22-23-20(28-3)29-19/h5-12H,4,13H2,1-3H3,(H,21,22,25). The molecule has 0 aliphatic rings. The second kappa shape index (κ2) is 9.59. The van der Waals surface area contributed by atoms with Crippen molar-refractivity contribution in [1.82, 2.24) is 10.2 Å². The van der Waals surface area contributed by atoms with Crippen molar-refractivity contribution in [3.8, 4) is 0 Å². The van der Waals surface area contributed by atoms with Gasteiger partial charge in [-0.25, -0.2) is 8.42 Å². The number of aromatic nitrogens is 2. The SMILES string of the molecule is CCc1ccccc1N(CC(=O)Nc1nnc(SC)s1)S(=O)(=O)c1ccc(C)cc1. The van der Waals surface area contributed by atoms with E-state index in [0.717, 1.165) is 15.4 Å². The maximum Gasteiger partial charge on any atom is 0.264 e. The maximum atomic E-state index is 13.5. The summed E-state index contributed by atoms with van der Waals surface area (Å²) in [5.74, 6) is -0.486. The van der Waals surface area contributed by atoms with Gasteiger partial charge in [-0.05, 0) is 43.4 Å². The molecule has 7 nitrogen and oxygen atoms in total. The highest BCUT2D eigenvalue weighted by Gasteiger charge is 2.28. The lowest BCUT2D eigenvalue weighted by molar-refractivity contribution is -0.114. The zero-order chi connectivity index (χ0) is 21.7. The number of nitrogens with zero attached hydrogens (tertiary/aromatic N) is 3. The number of carbonyl (C=O) groups excluding carboxylic acids is 1. The summed E-state index contributed by atoms with van der Waals surface area (Å²) in [6, 6.07) is 13.8. The van der Waals surface area contributed by atoms with Crippen LogP contribution in [0.3, 0.4) is 0 Å². The monoisotopic (exact) mass is 462 g/mol. The molecule has 0 atom stereocenters. The fraction of sp³-hybridized carbons (Fsp3) is 0.250. The molecule has 2 aromatic carbocycles. The van der Waals surface area contributed by atoms with Crippen LogP contribution in [0.1, 0.15) is 18.1 Å². The summed E-state index contributed by atoms with van der Waals surface area (Å²) in [6.45, 7) is 3.46. The molecule has 0 radical (unpaired) electrons. The summed E-state index contributed by atoms with van der Waals surface area (Å²) in [5, 5.41) is 10.8. The van der Waals surface area contributed by atoms with E-state index in [1.165, 1.54) is 23.1 Å². The van der Waals surface area contributed by atoms with Crippen molar-refractivity contribution in [2.24, 2.45) is 0 Å². The van der Waals surface area contributed by atoms with Gasteiger partial charge in [0.05, 0.1) is 10.6 Å². The van der Waals surface area contributed by atoms with Crippen molar-refractivity contribution in [2.75, 3.05) is 22.4 Å². The van der Waals surface area contributed by atoms with Gasteiger partial charge in [0, 0.05) is 0 Å². The van der Waals surface area contributed by atoms with E-state index in [1.807, 2.05) is 32.2 Å². The van der Waals surface area contributed by atoms with E-state index in [-0.39, 0.29) is 11.4 Å². The third-order valence-electron chi connectivity index (χ3n) is 4.36. The predicted octanol–water partition coefficient (Wildman–Crippen LogP) is 3.96. The highest BCUT2D eigenvalue weighted by Crippen LogP contribution is 2.28. The second-order valence-corrected chi connectivity index (χ2v) is 10.3. The van der Waals surface area contributed by atoms with E-state index < -0.39 is 15.9 Å². The van der Waals surface area contributed by atoms with E-state index in [1.54, 1.807) is 36.4 Å². The lowest BCUT2D eigenvalue weighted by Gasteiger charge is -2.26. The third kappa shape index (κ3) is 5.00. The first-order valence-corrected chi connectivity index (χ1v) is 12.7. The highest BCUT2D eigenvalue weighted by molar-refractivity contribution is 8.00. The molecule has 0 unspecified atom stereocenters. The summed E-state index contributed by atoms with van der Waals surface area (Å²) >= 11 is 2.66. The van der Waals surface area contributed by atoms with Crippen LogP contribution in [0.4, 0.5) is 10.8 Å². The van der Waals surface area contributed by atoms with Crippen molar-refractivity contribution < 1.29 is 13.2 Å². The first kappa shape index (κ1) is 22.3. The lowest BCUT2D eigenvalue weighted by atomic mass is 10.1. The Balaban J connectivity index is 1.97. The van der Waals surface area contributed by atoms with Crippen molar-refractivity contribution in [2.45, 2.75) is 29.5 Å². The van der Waals surface area contributed by atoms with E-state index in [0.29, 0.717) is 21.6 Å². The van der Waals surface area contributed by atoms with E-state index in [2.05, 4.69) is 15.5 Å². The molecule has 0 saturated carbocycles. The van der Waals surface area contributed by atoms with Crippen LogP contribution in [0.2, 0.25) is 0 Å². The fourth-order valence-corrected chi connectivity index (χ4v) is 5.47. The zero-order valence-corrected chi connectivity index (χ0v) is 19.3. The van der Waals surface area contributed by atoms with Crippen LogP contribution in [0, 0.1) is 6.92 Å². The number of benzene rings is 2. The van der Waals surface area contributed by atoms with Crippen LogP contribution in [0.5, 0.6) is 0 Å². The Bertz CT molecular complexity index is 1130. The van der Waals surface area contributed by atoms with Gasteiger partial charge in [-0.1, -0.05) is 65.9 Å². The van der Waals surface area contributed by atoms with Crippen molar-refractivity contribution >= 4 is 49.8 Å². The zero-order valence-electron chi connectivity index (χ0n) is 16.8. The van der Waals surface area contributed by atoms with Crippen molar-refractivity contribution in [3.05, 3.63) is 59.7 Å². The number of para-hydroxylation sites is 1. The predicted molar refractivity (Wildman–Crippen MR) is 122 cm³/mol. The van der Waals surface area contributed by atoms with Crippen LogP contribution >= 0.6 is 23.1 Å². The molecule has 1 aromatic heterocycles. The van der Waals surface area contributed by atoms with Crippen LogP contribution in [0.25, 0.3) is 0 Å². The first-order valence-electron chi connectivity index (χ1n) is 9.19. The number of hydrogen-bond acceptors (Lipinski definition) is 7. The molecule has 0 aliphatic heterocycles. The Kier molecular flexibility index (Phi) is 7.11. The molecule has 1 N–H and O–H groups in total. The smallest absolute Gasteiger partial charge is 0.264 e. The molecule has 1 amide bonds. The lowest BCUT2D eigenvalue weighted by Crippen LogP contribution is -2.38. The number of nitrogens with one attached hydrogen (secondary N) is 1. The van der Waals surface area contributed by atoms with Gasteiger partial charge in [0.25, 0.3) is 10.0 Å². The van der Waals surface area contributed by atoms with Crippen molar-refractivity contribution in [3.63, 3.8) is 0 Å². The molecular formula is C20H22N4O3S3. The molecule has 10 heteroatoms. The molecule has 30 heavy (non-hydrogen) atoms. The third-order valence-corrected chi connectivity index (χ3v) is 7.95. The van der Waals surface area contributed by atoms with Gasteiger partial charge in [0.1, 0.15) is 6.54 Å². The molecule has 3 rings (SSSR count).